The minimum Gasteiger partial charge on any atom is -0.250 e. The van der Waals surface area contributed by atoms with Gasteiger partial charge < -0.3 is 0 Å². The van der Waals surface area contributed by atoms with Gasteiger partial charge in [0.15, 0.2) is 0 Å². The lowest BCUT2D eigenvalue weighted by atomic mass is 10.1. The first-order chi connectivity index (χ1) is 8.63. The first-order valence-electron chi connectivity index (χ1n) is 5.10. The lowest BCUT2D eigenvalue weighted by Gasteiger charge is -2.08. The normalized spacial score (nSPS) is 10.1. The van der Waals surface area contributed by atoms with Crippen LogP contribution < -0.4 is 0 Å². The van der Waals surface area contributed by atoms with Gasteiger partial charge in [0.1, 0.15) is 0 Å². The molecule has 0 aliphatic heterocycles. The molecule has 2 nitrogen and oxygen atoms in total. The maximum Gasteiger partial charge on any atom is 0.0907 e. The molecule has 90 valence electrons. The third kappa shape index (κ3) is 2.59. The van der Waals surface area contributed by atoms with Gasteiger partial charge in [0.05, 0.1) is 38.9 Å². The largest absolute Gasteiger partial charge is 0.250 e. The molecule has 1 aromatic carbocycles. The second kappa shape index (κ2) is 5.58. The van der Waals surface area contributed by atoms with Gasteiger partial charge in [0.25, 0.3) is 0 Å². The van der Waals surface area contributed by atoms with Crippen LogP contribution in [0.5, 0.6) is 0 Å². The van der Waals surface area contributed by atoms with Crippen molar-refractivity contribution in [2.75, 3.05) is 0 Å². The van der Waals surface area contributed by atoms with Gasteiger partial charge in [-0.15, -0.1) is 0 Å². The van der Waals surface area contributed by atoms with E-state index in [1.165, 1.54) is 0 Å². The Balaban J connectivity index is 2.60. The Morgan fingerprint density at radius 3 is 2.56 bits per heavy atom. The Bertz CT molecular complexity index is 633. The Hall–Kier alpha value is -1.27. The molecule has 1 heterocycles. The summed E-state index contributed by atoms with van der Waals surface area (Å²) in [5.74, 6) is 0. The summed E-state index contributed by atoms with van der Waals surface area (Å²) in [7, 11) is 0. The van der Waals surface area contributed by atoms with Gasteiger partial charge in [-0.3, -0.25) is 4.98 Å². The lowest BCUT2D eigenvalue weighted by Crippen LogP contribution is -1.93. The van der Waals surface area contributed by atoms with Gasteiger partial charge in [-0.05, 0) is 18.2 Å². The van der Waals surface area contributed by atoms with Crippen LogP contribution in [0.2, 0.25) is 15.1 Å². The van der Waals surface area contributed by atoms with Crippen LogP contribution in [-0.2, 0) is 6.42 Å². The summed E-state index contributed by atoms with van der Waals surface area (Å²) in [6.45, 7) is 0. The highest BCUT2D eigenvalue weighted by molar-refractivity contribution is 6.44. The molecule has 0 saturated carbocycles. The van der Waals surface area contributed by atoms with E-state index in [9.17, 15) is 0 Å². The van der Waals surface area contributed by atoms with Gasteiger partial charge in [0, 0.05) is 5.56 Å². The van der Waals surface area contributed by atoms with Crippen LogP contribution in [0.1, 0.15) is 5.69 Å². The number of benzene rings is 1. The van der Waals surface area contributed by atoms with E-state index >= 15 is 0 Å². The number of nitrogens with zero attached hydrogens (tertiary/aromatic N) is 2. The van der Waals surface area contributed by atoms with Crippen LogP contribution in [0.15, 0.2) is 30.3 Å². The van der Waals surface area contributed by atoms with E-state index in [-0.39, 0.29) is 6.42 Å². The van der Waals surface area contributed by atoms with Crippen LogP contribution in [0.25, 0.3) is 11.3 Å². The minimum absolute atomic E-state index is 0.225. The van der Waals surface area contributed by atoms with E-state index in [4.69, 9.17) is 40.1 Å². The third-order valence-electron chi connectivity index (χ3n) is 2.37. The number of pyridine rings is 1. The molecule has 0 radical (unpaired) electrons. The highest BCUT2D eigenvalue weighted by Crippen LogP contribution is 2.35. The molecule has 0 saturated heterocycles. The summed E-state index contributed by atoms with van der Waals surface area (Å²) >= 11 is 18.2. The third-order valence-corrected chi connectivity index (χ3v) is 3.49. The molecule has 0 aliphatic carbocycles. The maximum atomic E-state index is 8.68. The summed E-state index contributed by atoms with van der Waals surface area (Å²) in [6, 6.07) is 10.7. The van der Waals surface area contributed by atoms with Crippen molar-refractivity contribution in [2.24, 2.45) is 0 Å². The van der Waals surface area contributed by atoms with E-state index in [2.05, 4.69) is 4.98 Å². The molecular weight excluding hydrogens is 291 g/mol. The zero-order valence-electron chi connectivity index (χ0n) is 9.12. The minimum atomic E-state index is 0.225. The highest BCUT2D eigenvalue weighted by Gasteiger charge is 2.12. The molecule has 2 rings (SSSR count). The molecule has 0 fully saturated rings. The maximum absolute atomic E-state index is 8.68. The predicted octanol–water partition coefficient (Wildman–Crippen LogP) is 4.77. The molecule has 2 aromatic rings. The van der Waals surface area contributed by atoms with Crippen LogP contribution in [0.4, 0.5) is 0 Å². The molecule has 0 spiro atoms. The van der Waals surface area contributed by atoms with Crippen molar-refractivity contribution < 1.29 is 0 Å². The number of nitriles is 1. The number of hydrogen-bond donors (Lipinski definition) is 0. The Morgan fingerprint density at radius 2 is 1.83 bits per heavy atom. The van der Waals surface area contributed by atoms with Crippen LogP contribution in [-0.4, -0.2) is 4.98 Å². The van der Waals surface area contributed by atoms with Crippen LogP contribution in [0.3, 0.4) is 0 Å². The second-order valence-electron chi connectivity index (χ2n) is 3.57. The summed E-state index contributed by atoms with van der Waals surface area (Å²) < 4.78 is 0. The van der Waals surface area contributed by atoms with Crippen molar-refractivity contribution in [1.82, 2.24) is 4.98 Å². The zero-order valence-corrected chi connectivity index (χ0v) is 11.4. The first kappa shape index (κ1) is 13.2. The number of rotatable bonds is 2. The number of hydrogen-bond acceptors (Lipinski definition) is 2. The molecule has 0 unspecified atom stereocenters. The van der Waals surface area contributed by atoms with Crippen molar-refractivity contribution in [3.63, 3.8) is 0 Å². The Morgan fingerprint density at radius 1 is 1.06 bits per heavy atom. The highest BCUT2D eigenvalue weighted by atomic mass is 35.5. The average molecular weight is 298 g/mol. The summed E-state index contributed by atoms with van der Waals surface area (Å²) in [5.41, 5.74) is 1.85. The standard InChI is InChI=1S/C13H7Cl3N2/c14-10-3-1-2-9(12(10)16)13-11(15)5-4-8(18-13)6-7-17/h1-5H,6H2. The molecule has 0 aliphatic rings. The van der Waals surface area contributed by atoms with Crippen molar-refractivity contribution in [3.8, 4) is 17.3 Å². The monoisotopic (exact) mass is 296 g/mol. The second-order valence-corrected chi connectivity index (χ2v) is 4.76. The van der Waals surface area contributed by atoms with Gasteiger partial charge in [0.2, 0.25) is 0 Å². The van der Waals surface area contributed by atoms with Gasteiger partial charge >= 0.3 is 0 Å². The molecule has 0 N–H and O–H groups in total. The zero-order chi connectivity index (χ0) is 13.1. The summed E-state index contributed by atoms with van der Waals surface area (Å²) in [5, 5.41) is 10.00. The van der Waals surface area contributed by atoms with E-state index < -0.39 is 0 Å². The average Bonchev–Trinajstić information content (AvgIpc) is 2.36. The molecule has 18 heavy (non-hydrogen) atoms. The van der Waals surface area contributed by atoms with E-state index in [1.807, 2.05) is 6.07 Å². The molecule has 0 bridgehead atoms. The number of halogens is 3. The Kier molecular flexibility index (Phi) is 4.08. The lowest BCUT2D eigenvalue weighted by molar-refractivity contribution is 1.12. The van der Waals surface area contributed by atoms with E-state index in [0.717, 1.165) is 0 Å². The van der Waals surface area contributed by atoms with Crippen molar-refractivity contribution in [1.29, 1.82) is 5.26 Å². The van der Waals surface area contributed by atoms with Crippen molar-refractivity contribution in [2.45, 2.75) is 6.42 Å². The van der Waals surface area contributed by atoms with Crippen molar-refractivity contribution in [3.05, 3.63) is 51.1 Å². The predicted molar refractivity (Wildman–Crippen MR) is 74.0 cm³/mol. The first-order valence-corrected chi connectivity index (χ1v) is 6.23. The molecule has 0 amide bonds. The molecular formula is C13H7Cl3N2. The fourth-order valence-corrected chi connectivity index (χ4v) is 2.13. The number of aromatic nitrogens is 1. The molecule has 1 aromatic heterocycles. The quantitative estimate of drug-likeness (QED) is 0.800. The Labute approximate surface area is 120 Å². The summed E-state index contributed by atoms with van der Waals surface area (Å²) in [6.07, 6.45) is 0.225. The van der Waals surface area contributed by atoms with E-state index in [1.54, 1.807) is 30.3 Å². The molecule has 0 atom stereocenters. The van der Waals surface area contributed by atoms with E-state index in [0.29, 0.717) is 32.0 Å². The fraction of sp³-hybridized carbons (Fsp3) is 0.0769. The topological polar surface area (TPSA) is 36.7 Å². The van der Waals surface area contributed by atoms with Crippen LogP contribution >= 0.6 is 34.8 Å². The van der Waals surface area contributed by atoms with Gasteiger partial charge in [-0.1, -0.05) is 46.9 Å². The van der Waals surface area contributed by atoms with Crippen LogP contribution in [0, 0.1) is 11.3 Å². The van der Waals surface area contributed by atoms with Gasteiger partial charge in [-0.25, -0.2) is 0 Å². The smallest absolute Gasteiger partial charge is 0.0907 e. The van der Waals surface area contributed by atoms with Gasteiger partial charge in [-0.2, -0.15) is 5.26 Å². The molecule has 5 heteroatoms. The summed E-state index contributed by atoms with van der Waals surface area (Å²) in [4.78, 5) is 4.34. The SMILES string of the molecule is N#CCc1ccc(Cl)c(-c2cccc(Cl)c2Cl)n1. The van der Waals surface area contributed by atoms with Crippen molar-refractivity contribution >= 4 is 34.8 Å². The fourth-order valence-electron chi connectivity index (χ4n) is 1.54.